The second kappa shape index (κ2) is 36.7. The van der Waals surface area contributed by atoms with Crippen molar-refractivity contribution in [1.82, 2.24) is 0 Å². The molecule has 0 aliphatic carbocycles. The first kappa shape index (κ1) is 50.7. The molecule has 0 aromatic heterocycles. The summed E-state index contributed by atoms with van der Waals surface area (Å²) in [7, 11) is -4.72. The van der Waals surface area contributed by atoms with E-state index in [1.54, 1.807) is 0 Å². The van der Waals surface area contributed by atoms with Gasteiger partial charge >= 0.3 is 25.7 Å². The Bertz CT molecular complexity index is 1050. The summed E-state index contributed by atoms with van der Waals surface area (Å²) in [6.07, 6.45) is 37.9. The number of aliphatic carboxylic acids is 1. The molecule has 3 atom stereocenters. The second-order valence-corrected chi connectivity index (χ2v) is 15.2. The number of ether oxygens (including phenoxy) is 2. The van der Waals surface area contributed by atoms with Gasteiger partial charge in [0, 0.05) is 12.8 Å². The van der Waals surface area contributed by atoms with E-state index in [4.69, 9.17) is 24.8 Å². The van der Waals surface area contributed by atoms with Crippen molar-refractivity contribution in [2.75, 3.05) is 19.8 Å². The van der Waals surface area contributed by atoms with Gasteiger partial charge in [-0.05, 0) is 44.9 Å². The van der Waals surface area contributed by atoms with Gasteiger partial charge in [0.1, 0.15) is 12.6 Å². The van der Waals surface area contributed by atoms with Crippen LogP contribution in [0.15, 0.2) is 36.5 Å². The molecule has 0 bridgehead atoms. The van der Waals surface area contributed by atoms with E-state index in [1.165, 1.54) is 89.9 Å². The fourth-order valence-corrected chi connectivity index (χ4v) is 6.15. The predicted octanol–water partition coefficient (Wildman–Crippen LogP) is 10.4. The molecule has 0 saturated heterocycles. The average molecular weight is 772 g/mol. The molecule has 1 unspecified atom stereocenters. The van der Waals surface area contributed by atoms with Gasteiger partial charge in [0.2, 0.25) is 0 Å². The summed E-state index contributed by atoms with van der Waals surface area (Å²) in [5, 5.41) is 8.87. The molecule has 0 aliphatic rings. The fraction of sp³-hybridized carbons (Fsp3) is 0.780. The quantitative estimate of drug-likeness (QED) is 0.0236. The Labute approximate surface area is 321 Å². The van der Waals surface area contributed by atoms with E-state index in [0.29, 0.717) is 19.3 Å². The largest absolute Gasteiger partial charge is 0.480 e. The number of hydrogen-bond donors (Lipinski definition) is 3. The number of rotatable bonds is 38. The van der Waals surface area contributed by atoms with Crippen LogP contribution < -0.4 is 5.73 Å². The van der Waals surface area contributed by atoms with Crippen molar-refractivity contribution in [3.8, 4) is 0 Å². The minimum absolute atomic E-state index is 0.151. The number of carboxylic acids is 1. The molecule has 308 valence electrons. The fourth-order valence-electron chi connectivity index (χ4n) is 5.37. The van der Waals surface area contributed by atoms with Crippen LogP contribution in [0.4, 0.5) is 0 Å². The van der Waals surface area contributed by atoms with Gasteiger partial charge in [-0.3, -0.25) is 23.4 Å². The molecule has 0 radical (unpaired) electrons. The third kappa shape index (κ3) is 36.4. The molecule has 0 rings (SSSR count). The highest BCUT2D eigenvalue weighted by atomic mass is 31.2. The number of carbonyl (C=O) groups is 3. The Morgan fingerprint density at radius 2 is 1.02 bits per heavy atom. The van der Waals surface area contributed by atoms with E-state index in [1.807, 2.05) is 6.08 Å². The van der Waals surface area contributed by atoms with Crippen molar-refractivity contribution >= 4 is 25.7 Å². The second-order valence-electron chi connectivity index (χ2n) is 13.8. The molecule has 0 fully saturated rings. The number of esters is 2. The normalized spacial score (nSPS) is 14.2. The van der Waals surface area contributed by atoms with Crippen LogP contribution in [0.1, 0.15) is 174 Å². The zero-order valence-corrected chi connectivity index (χ0v) is 34.0. The predicted molar refractivity (Wildman–Crippen MR) is 212 cm³/mol. The first-order valence-electron chi connectivity index (χ1n) is 20.5. The first-order valence-corrected chi connectivity index (χ1v) is 22.0. The first-order chi connectivity index (χ1) is 25.6. The topological polar surface area (TPSA) is 172 Å². The highest BCUT2D eigenvalue weighted by Gasteiger charge is 2.28. The van der Waals surface area contributed by atoms with Crippen molar-refractivity contribution < 1.29 is 47.5 Å². The monoisotopic (exact) mass is 772 g/mol. The van der Waals surface area contributed by atoms with Crippen LogP contribution in [0, 0.1) is 0 Å². The van der Waals surface area contributed by atoms with Gasteiger partial charge < -0.3 is 25.2 Å². The maximum atomic E-state index is 12.6. The Kier molecular flexibility index (Phi) is 35.1. The van der Waals surface area contributed by atoms with Crippen LogP contribution in [0.3, 0.4) is 0 Å². The summed E-state index contributed by atoms with van der Waals surface area (Å²) in [5.41, 5.74) is 5.32. The Morgan fingerprint density at radius 1 is 0.585 bits per heavy atom. The number of carboxylic acid groups (broad SMARTS) is 1. The smallest absolute Gasteiger partial charge is 0.472 e. The van der Waals surface area contributed by atoms with Crippen molar-refractivity contribution in [1.29, 1.82) is 0 Å². The van der Waals surface area contributed by atoms with Gasteiger partial charge in [-0.1, -0.05) is 153 Å². The lowest BCUT2D eigenvalue weighted by molar-refractivity contribution is -0.161. The highest BCUT2D eigenvalue weighted by Crippen LogP contribution is 2.43. The van der Waals surface area contributed by atoms with Crippen LogP contribution in [0.2, 0.25) is 0 Å². The summed E-state index contributed by atoms with van der Waals surface area (Å²) in [4.78, 5) is 45.8. The summed E-state index contributed by atoms with van der Waals surface area (Å²) in [6.45, 7) is 2.73. The van der Waals surface area contributed by atoms with E-state index in [2.05, 4.69) is 48.8 Å². The zero-order valence-electron chi connectivity index (χ0n) is 33.1. The zero-order chi connectivity index (χ0) is 39.3. The van der Waals surface area contributed by atoms with Crippen LogP contribution >= 0.6 is 7.82 Å². The maximum absolute atomic E-state index is 12.6. The molecule has 4 N–H and O–H groups in total. The van der Waals surface area contributed by atoms with Crippen LogP contribution in [0.5, 0.6) is 0 Å². The molecule has 0 amide bonds. The van der Waals surface area contributed by atoms with Crippen LogP contribution in [-0.2, 0) is 37.5 Å². The van der Waals surface area contributed by atoms with Crippen LogP contribution in [0.25, 0.3) is 0 Å². The molecule has 11 nitrogen and oxygen atoms in total. The van der Waals surface area contributed by atoms with Crippen molar-refractivity contribution in [3.63, 3.8) is 0 Å². The summed E-state index contributed by atoms with van der Waals surface area (Å²) in [6, 6.07) is -1.53. The Hall–Kier alpha value is -2.30. The number of unbranched alkanes of at least 4 members (excludes halogenated alkanes) is 18. The SMILES string of the molecule is CCCCCCCC/C=C\C/C=C\C/C=C\CCCC(=O)OC[C@H](COP(=O)(O)OC[C@H](N)C(=O)O)OC(=O)CCCCCCCCCCCCCC. The number of phosphoric acid groups is 1. The number of hydrogen-bond acceptors (Lipinski definition) is 9. The van der Waals surface area contributed by atoms with Gasteiger partial charge in [0.25, 0.3) is 0 Å². The van der Waals surface area contributed by atoms with E-state index in [9.17, 15) is 23.8 Å². The lowest BCUT2D eigenvalue weighted by Crippen LogP contribution is -2.34. The van der Waals surface area contributed by atoms with E-state index < -0.39 is 51.1 Å². The van der Waals surface area contributed by atoms with Gasteiger partial charge in [0.15, 0.2) is 6.10 Å². The minimum Gasteiger partial charge on any atom is -0.480 e. The average Bonchev–Trinajstić information content (AvgIpc) is 3.13. The molecule has 0 spiro atoms. The third-order valence-corrected chi connectivity index (χ3v) is 9.59. The third-order valence-electron chi connectivity index (χ3n) is 8.64. The van der Waals surface area contributed by atoms with Crippen molar-refractivity contribution in [2.24, 2.45) is 5.73 Å². The Morgan fingerprint density at radius 3 is 1.55 bits per heavy atom. The van der Waals surface area contributed by atoms with Crippen molar-refractivity contribution in [3.05, 3.63) is 36.5 Å². The molecule has 0 saturated carbocycles. The maximum Gasteiger partial charge on any atom is 0.472 e. The van der Waals surface area contributed by atoms with Gasteiger partial charge in [0.05, 0.1) is 13.2 Å². The molecule has 0 heterocycles. The summed E-state index contributed by atoms with van der Waals surface area (Å²) >= 11 is 0. The molecule has 12 heteroatoms. The van der Waals surface area contributed by atoms with Crippen molar-refractivity contribution in [2.45, 2.75) is 187 Å². The minimum atomic E-state index is -4.72. The van der Waals surface area contributed by atoms with Crippen LogP contribution in [-0.4, -0.2) is 59.9 Å². The summed E-state index contributed by atoms with van der Waals surface area (Å²) < 4.78 is 32.5. The lowest BCUT2D eigenvalue weighted by atomic mass is 10.0. The molecule has 53 heavy (non-hydrogen) atoms. The van der Waals surface area contributed by atoms with Gasteiger partial charge in [-0.25, -0.2) is 4.57 Å². The molecule has 0 aromatic carbocycles. The van der Waals surface area contributed by atoms with E-state index >= 15 is 0 Å². The van der Waals surface area contributed by atoms with E-state index in [-0.39, 0.29) is 19.4 Å². The molecular formula is C41H74NO10P. The van der Waals surface area contributed by atoms with Gasteiger partial charge in [-0.15, -0.1) is 0 Å². The summed E-state index contributed by atoms with van der Waals surface area (Å²) in [5.74, 6) is -2.44. The highest BCUT2D eigenvalue weighted by molar-refractivity contribution is 7.47. The number of nitrogens with two attached hydrogens (primary N) is 1. The number of carbonyl (C=O) groups excluding carboxylic acids is 2. The standard InChI is InChI=1S/C41H74NO10P/c1-3-5-7-9-11-13-15-17-18-19-20-21-23-24-26-28-30-32-39(43)49-34-37(35-50-53(47,48)51-36-38(42)41(45)46)52-40(44)33-31-29-27-25-22-16-14-12-10-8-6-4-2/h17-18,20-21,24,26,37-38H,3-16,19,22-23,25,27-36,42H2,1-2H3,(H,45,46)(H,47,48)/b18-17-,21-20-,26-24-/t37-,38+/m1/s1. The number of allylic oxidation sites excluding steroid dienone is 6. The molecular weight excluding hydrogens is 697 g/mol. The van der Waals surface area contributed by atoms with Gasteiger partial charge in [-0.2, -0.15) is 0 Å². The number of phosphoric ester groups is 1. The molecule has 0 aliphatic heterocycles. The lowest BCUT2D eigenvalue weighted by Gasteiger charge is -2.20. The molecule has 0 aromatic rings. The van der Waals surface area contributed by atoms with E-state index in [0.717, 1.165) is 38.5 Å². The Balaban J connectivity index is 4.47.